The van der Waals surface area contributed by atoms with E-state index in [-0.39, 0.29) is 4.77 Å². The third-order valence-electron chi connectivity index (χ3n) is 3.45. The van der Waals surface area contributed by atoms with E-state index in [0.717, 1.165) is 10.6 Å². The Morgan fingerprint density at radius 3 is 2.45 bits per heavy atom. The highest BCUT2D eigenvalue weighted by Gasteiger charge is 2.44. The fourth-order valence-electron chi connectivity index (χ4n) is 2.39. The number of aromatic nitrogens is 2. The van der Waals surface area contributed by atoms with Crippen LogP contribution < -0.4 is 15.3 Å². The largest absolute Gasteiger partial charge is 0.756 e. The molecule has 16 heteroatoms. The molecule has 0 saturated carbocycles. The van der Waals surface area contributed by atoms with Crippen molar-refractivity contribution in [1.82, 2.24) is 9.55 Å². The average Bonchev–Trinajstić information content (AvgIpc) is 2.78. The lowest BCUT2D eigenvalue weighted by Gasteiger charge is -2.35. The average molecular weight is 474 g/mol. The molecule has 1 aliphatic heterocycles. The molecule has 1 fully saturated rings. The highest BCUT2D eigenvalue weighted by molar-refractivity contribution is 7.71. The van der Waals surface area contributed by atoms with Crippen LogP contribution in [0.25, 0.3) is 0 Å². The van der Waals surface area contributed by atoms with E-state index >= 15 is 0 Å². The van der Waals surface area contributed by atoms with Crippen molar-refractivity contribution in [2.24, 2.45) is 0 Å². The fourth-order valence-corrected chi connectivity index (χ4v) is 4.95. The van der Waals surface area contributed by atoms with Crippen molar-refractivity contribution in [2.75, 3.05) is 6.61 Å². The Morgan fingerprint density at radius 1 is 1.28 bits per heavy atom. The predicted octanol–water partition coefficient (Wildman–Crippen LogP) is -0.690. The van der Waals surface area contributed by atoms with E-state index in [9.17, 15) is 33.9 Å². The number of rotatable bonds is 7. The van der Waals surface area contributed by atoms with E-state index in [4.69, 9.17) is 17.0 Å². The van der Waals surface area contributed by atoms with Crippen molar-refractivity contribution >= 4 is 27.9 Å². The van der Waals surface area contributed by atoms with Crippen molar-refractivity contribution < 1.29 is 47.2 Å². The molecule has 0 aliphatic carbocycles. The molecule has 1 aliphatic rings. The lowest BCUT2D eigenvalue weighted by Crippen LogP contribution is -2.34. The van der Waals surface area contributed by atoms with Gasteiger partial charge in [0.2, 0.25) is 0 Å². The zero-order valence-corrected chi connectivity index (χ0v) is 18.1. The van der Waals surface area contributed by atoms with Crippen LogP contribution in [-0.2, 0) is 27.2 Å². The SMILES string of the molecule is CC(C)(C)OP(=O)([O-])OP(=O)([O-])OC[C@H]1O[C@@H](n2ccc(=O)[nH]c2=S)[C@H](O)[C@@H]1O. The van der Waals surface area contributed by atoms with Crippen LogP contribution in [0.5, 0.6) is 0 Å². The number of nitrogens with one attached hydrogen (secondary N) is 1. The Balaban J connectivity index is 2.05. The maximum atomic E-state index is 11.8. The number of hydrogen-bond donors (Lipinski definition) is 3. The summed E-state index contributed by atoms with van der Waals surface area (Å²) in [6, 6.07) is 1.10. The predicted molar refractivity (Wildman–Crippen MR) is 94.9 cm³/mol. The molecule has 1 saturated heterocycles. The third-order valence-corrected chi connectivity index (χ3v) is 6.59. The molecule has 1 aromatic rings. The lowest BCUT2D eigenvalue weighted by atomic mass is 10.1. The minimum Gasteiger partial charge on any atom is -0.756 e. The van der Waals surface area contributed by atoms with Crippen molar-refractivity contribution in [1.29, 1.82) is 0 Å². The minimum atomic E-state index is -5.40. The normalized spacial score (nSPS) is 29.3. The maximum Gasteiger partial charge on any atom is 0.274 e. The number of H-pyrrole nitrogens is 1. The van der Waals surface area contributed by atoms with Gasteiger partial charge in [0, 0.05) is 12.3 Å². The molecule has 0 spiro atoms. The van der Waals surface area contributed by atoms with Gasteiger partial charge >= 0.3 is 0 Å². The van der Waals surface area contributed by atoms with E-state index in [1.54, 1.807) is 0 Å². The van der Waals surface area contributed by atoms with Crippen LogP contribution in [0, 0.1) is 4.77 Å². The maximum absolute atomic E-state index is 11.8. The highest BCUT2D eigenvalue weighted by atomic mass is 32.1. The first kappa shape index (κ1) is 24.5. The second kappa shape index (κ2) is 8.77. The minimum absolute atomic E-state index is 0.111. The zero-order valence-electron chi connectivity index (χ0n) is 15.5. The molecule has 13 nitrogen and oxygen atoms in total. The van der Waals surface area contributed by atoms with Crippen LogP contribution in [0.1, 0.15) is 27.0 Å². The quantitative estimate of drug-likeness (QED) is 0.333. The van der Waals surface area contributed by atoms with Crippen LogP contribution in [0.2, 0.25) is 0 Å². The monoisotopic (exact) mass is 474 g/mol. The summed E-state index contributed by atoms with van der Waals surface area (Å²) in [6.45, 7) is 3.22. The Bertz CT molecular complexity index is 942. The smallest absolute Gasteiger partial charge is 0.274 e. The highest BCUT2D eigenvalue weighted by Crippen LogP contribution is 2.57. The zero-order chi connectivity index (χ0) is 22.2. The number of aliphatic hydroxyl groups excluding tert-OH is 2. The summed E-state index contributed by atoms with van der Waals surface area (Å²) >= 11 is 4.94. The molecular formula is C13H20N2O11P2S-2. The standard InChI is InChI=1S/C13H22N2O11P2S/c1-13(2,3)25-28(21,22)26-27(19,20)23-6-7-9(17)10(18)11(24-7)15-5-4-8(16)14-12(15)29/h4-5,7,9-11,17-18H,6H2,1-3H3,(H,19,20)(H,21,22)(H,14,16,29)/p-2/t7-,9-,10-,11-/m1/s1. The molecule has 0 radical (unpaired) electrons. The van der Waals surface area contributed by atoms with Crippen LogP contribution in [0.4, 0.5) is 0 Å². The van der Waals surface area contributed by atoms with Gasteiger partial charge < -0.3 is 33.8 Å². The van der Waals surface area contributed by atoms with Crippen molar-refractivity contribution in [3.8, 4) is 0 Å². The second-order valence-corrected chi connectivity index (χ2v) is 10.3. The Kier molecular flexibility index (Phi) is 7.41. The molecule has 2 rings (SSSR count). The molecular weight excluding hydrogens is 454 g/mol. The van der Waals surface area contributed by atoms with E-state index in [0.29, 0.717) is 0 Å². The molecule has 6 atom stereocenters. The summed E-state index contributed by atoms with van der Waals surface area (Å²) < 4.78 is 42.8. The molecule has 2 unspecified atom stereocenters. The Hall–Kier alpha value is -0.760. The third kappa shape index (κ3) is 6.88. The van der Waals surface area contributed by atoms with Gasteiger partial charge in [-0.3, -0.25) is 23.5 Å². The molecule has 166 valence electrons. The van der Waals surface area contributed by atoms with Gasteiger partial charge in [-0.1, -0.05) is 0 Å². The fraction of sp³-hybridized carbons (Fsp3) is 0.692. The molecule has 2 heterocycles. The van der Waals surface area contributed by atoms with Crippen molar-refractivity contribution in [3.05, 3.63) is 27.4 Å². The van der Waals surface area contributed by atoms with Gasteiger partial charge in [0.25, 0.3) is 21.2 Å². The molecule has 3 N–H and O–H groups in total. The van der Waals surface area contributed by atoms with Crippen molar-refractivity contribution in [3.63, 3.8) is 0 Å². The van der Waals surface area contributed by atoms with E-state index in [1.807, 2.05) is 0 Å². The lowest BCUT2D eigenvalue weighted by molar-refractivity contribution is -0.249. The van der Waals surface area contributed by atoms with Crippen LogP contribution in [0.3, 0.4) is 0 Å². The van der Waals surface area contributed by atoms with Gasteiger partial charge in [0.1, 0.15) is 18.3 Å². The summed E-state index contributed by atoms with van der Waals surface area (Å²) in [5.41, 5.74) is -1.74. The summed E-state index contributed by atoms with van der Waals surface area (Å²) in [5, 5.41) is 20.2. The van der Waals surface area contributed by atoms with Gasteiger partial charge in [-0.05, 0) is 33.0 Å². The number of ether oxygens (including phenoxy) is 1. The first-order valence-corrected chi connectivity index (χ1v) is 11.4. The van der Waals surface area contributed by atoms with Gasteiger partial charge in [-0.25, -0.2) is 4.31 Å². The van der Waals surface area contributed by atoms with Gasteiger partial charge in [-0.15, -0.1) is 0 Å². The van der Waals surface area contributed by atoms with Gasteiger partial charge in [0.15, 0.2) is 11.0 Å². The Labute approximate surface area is 170 Å². The Morgan fingerprint density at radius 2 is 1.90 bits per heavy atom. The van der Waals surface area contributed by atoms with Crippen LogP contribution in [-0.4, -0.2) is 50.3 Å². The summed E-state index contributed by atoms with van der Waals surface area (Å²) in [6.07, 6.45) is -4.60. The van der Waals surface area contributed by atoms with Gasteiger partial charge in [0.05, 0.1) is 12.2 Å². The summed E-state index contributed by atoms with van der Waals surface area (Å²) in [7, 11) is -10.7. The summed E-state index contributed by atoms with van der Waals surface area (Å²) in [5.74, 6) is 0. The second-order valence-electron chi connectivity index (χ2n) is 7.04. The van der Waals surface area contributed by atoms with E-state index in [1.165, 1.54) is 27.0 Å². The number of phosphoric ester groups is 2. The number of hydrogen-bond acceptors (Lipinski definition) is 12. The van der Waals surface area contributed by atoms with Crippen molar-refractivity contribution in [2.45, 2.75) is 50.9 Å². The molecule has 0 aromatic carbocycles. The first-order chi connectivity index (χ1) is 13.1. The number of nitrogens with zero attached hydrogens (tertiary/aromatic N) is 1. The van der Waals surface area contributed by atoms with Crippen LogP contribution >= 0.6 is 27.9 Å². The summed E-state index contributed by atoms with van der Waals surface area (Å²) in [4.78, 5) is 37.0. The molecule has 1 aromatic heterocycles. The number of phosphoric acid groups is 2. The van der Waals surface area contributed by atoms with Gasteiger partial charge in [-0.2, -0.15) is 0 Å². The number of aliphatic hydroxyl groups is 2. The topological polar surface area (TPSA) is 195 Å². The van der Waals surface area contributed by atoms with E-state index in [2.05, 4.69) is 18.3 Å². The number of aromatic amines is 1. The van der Waals surface area contributed by atoms with Crippen LogP contribution in [0.15, 0.2) is 17.1 Å². The molecule has 0 bridgehead atoms. The molecule has 0 amide bonds. The van der Waals surface area contributed by atoms with E-state index < -0.39 is 58.0 Å². The first-order valence-electron chi connectivity index (χ1n) is 8.12. The molecule has 29 heavy (non-hydrogen) atoms.